The second-order valence-corrected chi connectivity index (χ2v) is 9.79. The van der Waals surface area contributed by atoms with Gasteiger partial charge in [0.1, 0.15) is 17.2 Å². The molecule has 0 aromatic rings. The minimum absolute atomic E-state index is 0.0189. The highest BCUT2D eigenvalue weighted by molar-refractivity contribution is 8.00. The average Bonchev–Trinajstić information content (AvgIpc) is 2.78. The number of fused-ring (bicyclic) bond motifs is 7. The largest absolute Gasteiger partial charge is 0.300 e. The summed E-state index contributed by atoms with van der Waals surface area (Å²) >= 11 is 1.82. The fraction of sp³-hybridized carbons (Fsp3) is 0.895. The first-order chi connectivity index (χ1) is 10.9. The van der Waals surface area contributed by atoms with Crippen molar-refractivity contribution in [1.29, 1.82) is 0 Å². The third kappa shape index (κ3) is 2.42. The summed E-state index contributed by atoms with van der Waals surface area (Å²) in [4.78, 5) is 24.4. The Balaban J connectivity index is 1.67. The highest BCUT2D eigenvalue weighted by Crippen LogP contribution is 2.57. The summed E-state index contributed by atoms with van der Waals surface area (Å²) in [5.74, 6) is 2.61. The van der Waals surface area contributed by atoms with Crippen molar-refractivity contribution in [3.8, 4) is 0 Å². The van der Waals surface area contributed by atoms with E-state index in [4.69, 9.17) is 0 Å². The van der Waals surface area contributed by atoms with Gasteiger partial charge in [-0.05, 0) is 56.1 Å². The minimum atomic E-state index is -1.19. The van der Waals surface area contributed by atoms with Crippen molar-refractivity contribution >= 4 is 23.3 Å². The van der Waals surface area contributed by atoms with E-state index in [1.165, 1.54) is 0 Å². The summed E-state index contributed by atoms with van der Waals surface area (Å²) in [5, 5.41) is -0.0189. The summed E-state index contributed by atoms with van der Waals surface area (Å²) < 4.78 is 15.9. The zero-order chi connectivity index (χ0) is 16.2. The van der Waals surface area contributed by atoms with Gasteiger partial charge in [-0.25, -0.2) is 4.39 Å². The number of thioether (sulfide) groups is 1. The van der Waals surface area contributed by atoms with E-state index in [0.29, 0.717) is 36.9 Å². The smallest absolute Gasteiger partial charge is 0.139 e. The fourth-order valence-electron chi connectivity index (χ4n) is 5.97. The predicted molar refractivity (Wildman–Crippen MR) is 90.2 cm³/mol. The summed E-state index contributed by atoms with van der Waals surface area (Å²) in [6, 6.07) is 0. The molecule has 2 aliphatic carbocycles. The van der Waals surface area contributed by atoms with Crippen molar-refractivity contribution in [3.63, 3.8) is 0 Å². The third-order valence-corrected chi connectivity index (χ3v) is 9.16. The summed E-state index contributed by atoms with van der Waals surface area (Å²) in [7, 11) is 0. The molecule has 2 unspecified atom stereocenters. The molecule has 128 valence electrons. The normalized spacial score (nSPS) is 50.5. The van der Waals surface area contributed by atoms with Crippen LogP contribution in [0.15, 0.2) is 0 Å². The van der Waals surface area contributed by atoms with Gasteiger partial charge < -0.3 is 0 Å². The van der Waals surface area contributed by atoms with E-state index in [0.717, 1.165) is 44.3 Å². The maximum Gasteiger partial charge on any atom is 0.139 e. The van der Waals surface area contributed by atoms with Crippen LogP contribution in [0.5, 0.6) is 0 Å². The van der Waals surface area contributed by atoms with Gasteiger partial charge in [-0.15, -0.1) is 0 Å². The first kappa shape index (κ1) is 16.1. The molecule has 0 N–H and O–H groups in total. The second-order valence-electron chi connectivity index (χ2n) is 8.55. The van der Waals surface area contributed by atoms with Crippen LogP contribution in [-0.2, 0) is 9.59 Å². The van der Waals surface area contributed by atoms with E-state index >= 15 is 4.39 Å². The molecule has 6 atom stereocenters. The Kier molecular flexibility index (Phi) is 3.90. The number of ketones is 2. The molecule has 23 heavy (non-hydrogen) atoms. The Hall–Kier alpha value is -0.380. The number of carbonyl (C=O) groups excluding carboxylic acids is 2. The Morgan fingerprint density at radius 3 is 2.74 bits per heavy atom. The van der Waals surface area contributed by atoms with Gasteiger partial charge in [-0.2, -0.15) is 11.8 Å². The maximum absolute atomic E-state index is 15.9. The molecule has 2 bridgehead atoms. The SMILES string of the molecule is C[C@]12CCC3SC[C@H](CC[C@@H]4CC(=O)CC[C@]34F)C1CCC2=O. The van der Waals surface area contributed by atoms with Crippen LogP contribution in [-0.4, -0.2) is 28.2 Å². The van der Waals surface area contributed by atoms with E-state index in [9.17, 15) is 9.59 Å². The van der Waals surface area contributed by atoms with Gasteiger partial charge in [0, 0.05) is 35.8 Å². The maximum atomic E-state index is 15.9. The van der Waals surface area contributed by atoms with Crippen molar-refractivity contribution < 1.29 is 14.0 Å². The summed E-state index contributed by atoms with van der Waals surface area (Å²) in [5.41, 5.74) is -1.40. The lowest BCUT2D eigenvalue weighted by Gasteiger charge is -2.49. The molecule has 0 aromatic carbocycles. The molecule has 0 amide bonds. The average molecular weight is 338 g/mol. The zero-order valence-electron chi connectivity index (χ0n) is 14.0. The number of Topliss-reactive ketones (excluding diaryl/α,β-unsaturated/α-hetero) is 2. The lowest BCUT2D eigenvalue weighted by atomic mass is 9.63. The van der Waals surface area contributed by atoms with E-state index in [1.807, 2.05) is 11.8 Å². The fourth-order valence-corrected chi connectivity index (χ4v) is 7.72. The molecule has 2 aliphatic heterocycles. The molecule has 2 saturated heterocycles. The van der Waals surface area contributed by atoms with E-state index < -0.39 is 5.67 Å². The van der Waals surface area contributed by atoms with Crippen molar-refractivity contribution in [2.45, 2.75) is 75.6 Å². The standard InChI is InChI=1S/C19H27FO2S/c1-18-8-7-17-19(20)9-6-14(21)10-13(19)3-2-12(11-23-17)15(18)4-5-16(18)22/h12-13,15,17H,2-11H2,1H3/t12-,13+,15?,17?,18-,19+/m0/s1. The Morgan fingerprint density at radius 1 is 1.09 bits per heavy atom. The lowest BCUT2D eigenvalue weighted by Crippen LogP contribution is -2.51. The number of hydrogen-bond donors (Lipinski definition) is 0. The van der Waals surface area contributed by atoms with Crippen LogP contribution >= 0.6 is 11.8 Å². The highest BCUT2D eigenvalue weighted by Gasteiger charge is 2.56. The molecule has 4 heteroatoms. The second kappa shape index (κ2) is 5.57. The monoisotopic (exact) mass is 338 g/mol. The van der Waals surface area contributed by atoms with Gasteiger partial charge in [0.15, 0.2) is 0 Å². The van der Waals surface area contributed by atoms with Gasteiger partial charge in [0.2, 0.25) is 0 Å². The van der Waals surface area contributed by atoms with Crippen LogP contribution in [0.3, 0.4) is 0 Å². The Labute approximate surface area is 142 Å². The first-order valence-corrected chi connectivity index (χ1v) is 10.3. The number of halogens is 1. The minimum Gasteiger partial charge on any atom is -0.300 e. The molecule has 2 saturated carbocycles. The molecule has 4 aliphatic rings. The molecular weight excluding hydrogens is 311 g/mol. The molecule has 0 spiro atoms. The van der Waals surface area contributed by atoms with E-state index in [1.54, 1.807) is 0 Å². The Morgan fingerprint density at radius 2 is 1.91 bits per heavy atom. The van der Waals surface area contributed by atoms with Crippen LogP contribution < -0.4 is 0 Å². The van der Waals surface area contributed by atoms with Crippen LogP contribution in [0.25, 0.3) is 0 Å². The van der Waals surface area contributed by atoms with Crippen molar-refractivity contribution in [2.75, 3.05) is 5.75 Å². The zero-order valence-corrected chi connectivity index (χ0v) is 14.8. The molecule has 2 nitrogen and oxygen atoms in total. The molecule has 4 rings (SSSR count). The van der Waals surface area contributed by atoms with Crippen molar-refractivity contribution in [1.82, 2.24) is 0 Å². The predicted octanol–water partition coefficient (Wildman–Crippen LogP) is 4.35. The number of rotatable bonds is 0. The highest BCUT2D eigenvalue weighted by atomic mass is 32.2. The van der Waals surface area contributed by atoms with E-state index in [-0.39, 0.29) is 22.4 Å². The van der Waals surface area contributed by atoms with E-state index in [2.05, 4.69) is 6.92 Å². The van der Waals surface area contributed by atoms with Crippen LogP contribution in [0.1, 0.15) is 64.7 Å². The van der Waals surface area contributed by atoms with Crippen molar-refractivity contribution in [2.24, 2.45) is 23.2 Å². The first-order valence-electron chi connectivity index (χ1n) is 9.29. The number of hydrogen-bond acceptors (Lipinski definition) is 3. The summed E-state index contributed by atoms with van der Waals surface area (Å²) in [6.07, 6.45) is 6.49. The van der Waals surface area contributed by atoms with Crippen LogP contribution in [0, 0.1) is 23.2 Å². The molecule has 0 radical (unpaired) electrons. The topological polar surface area (TPSA) is 34.1 Å². The molecule has 2 heterocycles. The molecule has 0 aromatic heterocycles. The van der Waals surface area contributed by atoms with Gasteiger partial charge in [0.25, 0.3) is 0 Å². The molecule has 4 fully saturated rings. The number of alkyl halides is 1. The quantitative estimate of drug-likeness (QED) is 0.658. The van der Waals surface area contributed by atoms with Crippen LogP contribution in [0.4, 0.5) is 4.39 Å². The van der Waals surface area contributed by atoms with Crippen LogP contribution in [0.2, 0.25) is 0 Å². The van der Waals surface area contributed by atoms with Crippen molar-refractivity contribution in [3.05, 3.63) is 0 Å². The van der Waals surface area contributed by atoms with Gasteiger partial charge in [-0.3, -0.25) is 9.59 Å². The molecular formula is C19H27FO2S. The summed E-state index contributed by atoms with van der Waals surface area (Å²) in [6.45, 7) is 2.15. The van der Waals surface area contributed by atoms with Gasteiger partial charge in [0.05, 0.1) is 0 Å². The third-order valence-electron chi connectivity index (χ3n) is 7.51. The van der Waals surface area contributed by atoms with Gasteiger partial charge in [-0.1, -0.05) is 6.92 Å². The number of carbonyl (C=O) groups is 2. The lowest BCUT2D eigenvalue weighted by molar-refractivity contribution is -0.128. The Bertz CT molecular complexity index is 535. The van der Waals surface area contributed by atoms with Gasteiger partial charge >= 0.3 is 0 Å².